The van der Waals surface area contributed by atoms with Gasteiger partial charge in [-0.2, -0.15) is 0 Å². The summed E-state index contributed by atoms with van der Waals surface area (Å²) in [5, 5.41) is 10.6. The molecule has 4 amide bonds. The van der Waals surface area contributed by atoms with Crippen molar-refractivity contribution in [1.82, 2.24) is 24.5 Å². The lowest BCUT2D eigenvalue weighted by Gasteiger charge is -2.34. The van der Waals surface area contributed by atoms with Crippen LogP contribution in [-0.2, 0) is 14.4 Å². The average molecular weight is 632 g/mol. The van der Waals surface area contributed by atoms with Gasteiger partial charge >= 0.3 is 12.0 Å². The summed E-state index contributed by atoms with van der Waals surface area (Å²) in [5.74, 6) is -1.31. The number of amides is 4. The summed E-state index contributed by atoms with van der Waals surface area (Å²) in [6.45, 7) is 5.13. The molecule has 1 aromatic rings. The van der Waals surface area contributed by atoms with Crippen LogP contribution in [0.3, 0.4) is 0 Å². The van der Waals surface area contributed by atoms with Crippen LogP contribution in [0.4, 0.5) is 4.79 Å². The second-order valence-electron chi connectivity index (χ2n) is 12.5. The van der Waals surface area contributed by atoms with Crippen LogP contribution in [0.5, 0.6) is 17.2 Å². The molecule has 1 aromatic carbocycles. The minimum absolute atomic E-state index is 0.0416. The number of hydrogen-bond acceptors (Lipinski definition) is 9. The van der Waals surface area contributed by atoms with Crippen LogP contribution in [0.25, 0.3) is 0 Å². The number of urea groups is 1. The van der Waals surface area contributed by atoms with E-state index in [2.05, 4.69) is 11.8 Å². The number of carbonyl (C=O) groups excluding carboxylic acids is 3. The Morgan fingerprint density at radius 2 is 1.82 bits per heavy atom. The molecular formula is C32H49N5O8. The van der Waals surface area contributed by atoms with E-state index in [1.54, 1.807) is 19.2 Å². The molecule has 250 valence electrons. The monoisotopic (exact) mass is 631 g/mol. The summed E-state index contributed by atoms with van der Waals surface area (Å²) in [5.41, 5.74) is 0.708. The first-order valence-corrected chi connectivity index (χ1v) is 16.0. The van der Waals surface area contributed by atoms with Gasteiger partial charge in [0, 0.05) is 58.2 Å². The number of fused-ring (bicyclic) bond motifs is 1. The molecule has 13 heteroatoms. The third-order valence-corrected chi connectivity index (χ3v) is 9.07. The summed E-state index contributed by atoms with van der Waals surface area (Å²) >= 11 is 0. The van der Waals surface area contributed by atoms with Gasteiger partial charge in [-0.25, -0.2) is 4.79 Å². The molecule has 2 saturated heterocycles. The van der Waals surface area contributed by atoms with Crippen LogP contribution < -0.4 is 14.2 Å². The van der Waals surface area contributed by atoms with Crippen LogP contribution in [0.1, 0.15) is 56.9 Å². The summed E-state index contributed by atoms with van der Waals surface area (Å²) in [4.78, 5) is 61.0. The zero-order valence-corrected chi connectivity index (χ0v) is 27.3. The quantitative estimate of drug-likeness (QED) is 0.272. The molecule has 3 aliphatic rings. The number of likely N-dealkylation sites (tertiary alicyclic amines) is 1. The number of methoxy groups -OCH3 is 1. The minimum atomic E-state index is -1.00. The third-order valence-electron chi connectivity index (χ3n) is 9.07. The van der Waals surface area contributed by atoms with E-state index in [1.165, 1.54) is 16.9 Å². The Hall–Kier alpha value is -3.58. The van der Waals surface area contributed by atoms with Crippen LogP contribution in [0.2, 0.25) is 0 Å². The smallest absolute Gasteiger partial charge is 0.326 e. The van der Waals surface area contributed by atoms with Crippen molar-refractivity contribution >= 4 is 23.8 Å². The number of aliphatic carboxylic acids is 1. The number of hydrogen-bond donors (Lipinski definition) is 1. The molecule has 3 aliphatic heterocycles. The normalized spacial score (nSPS) is 21.6. The molecule has 4 rings (SSSR count). The van der Waals surface area contributed by atoms with Crippen molar-refractivity contribution in [3.63, 3.8) is 0 Å². The molecule has 0 aliphatic carbocycles. The topological polar surface area (TPSA) is 132 Å². The first-order chi connectivity index (χ1) is 21.5. The van der Waals surface area contributed by atoms with Crippen LogP contribution in [-0.4, -0.2) is 140 Å². The number of benzene rings is 1. The van der Waals surface area contributed by atoms with Crippen molar-refractivity contribution in [2.24, 2.45) is 5.92 Å². The largest absolute Gasteiger partial charge is 0.493 e. The summed E-state index contributed by atoms with van der Waals surface area (Å²) in [6, 6.07) is 2.59. The zero-order valence-electron chi connectivity index (χ0n) is 27.3. The number of imide groups is 1. The molecule has 45 heavy (non-hydrogen) atoms. The highest BCUT2D eigenvalue weighted by molar-refractivity contribution is 5.96. The maximum atomic E-state index is 13.8. The van der Waals surface area contributed by atoms with Crippen molar-refractivity contribution in [2.45, 2.75) is 57.4 Å². The van der Waals surface area contributed by atoms with Gasteiger partial charge in [0.1, 0.15) is 0 Å². The number of rotatable bonds is 16. The highest BCUT2D eigenvalue weighted by Crippen LogP contribution is 2.47. The molecule has 0 aromatic heterocycles. The van der Waals surface area contributed by atoms with E-state index < -0.39 is 23.8 Å². The van der Waals surface area contributed by atoms with Gasteiger partial charge in [0.15, 0.2) is 11.5 Å². The van der Waals surface area contributed by atoms with E-state index in [0.29, 0.717) is 49.0 Å². The maximum Gasteiger partial charge on any atom is 0.326 e. The van der Waals surface area contributed by atoms with E-state index in [-0.39, 0.29) is 50.6 Å². The fraction of sp³-hybridized carbons (Fsp3) is 0.688. The molecule has 2 fully saturated rings. The van der Waals surface area contributed by atoms with Gasteiger partial charge in [-0.05, 0) is 64.0 Å². The predicted molar refractivity (Wildman–Crippen MR) is 167 cm³/mol. The molecule has 13 nitrogen and oxygen atoms in total. The second kappa shape index (κ2) is 15.6. The van der Waals surface area contributed by atoms with Crippen molar-refractivity contribution in [3.8, 4) is 17.2 Å². The molecule has 0 radical (unpaired) electrons. The minimum Gasteiger partial charge on any atom is -0.493 e. The maximum absolute atomic E-state index is 13.8. The lowest BCUT2D eigenvalue weighted by atomic mass is 9.84. The Kier molecular flexibility index (Phi) is 11.9. The lowest BCUT2D eigenvalue weighted by Crippen LogP contribution is -2.52. The van der Waals surface area contributed by atoms with Crippen LogP contribution >= 0.6 is 0 Å². The third kappa shape index (κ3) is 8.18. The molecule has 3 atom stereocenters. The van der Waals surface area contributed by atoms with Gasteiger partial charge in [0.25, 0.3) is 0 Å². The van der Waals surface area contributed by atoms with Crippen LogP contribution in [0, 0.1) is 5.92 Å². The Bertz CT molecular complexity index is 1230. The standard InChI is InChI=1S/C32H49N5O8/c1-6-7-13-35(14-9-8-12-33(2)3)28(39)20-36-19-23(22-17-25(43-5)30-26(18-22)44-21-45-30)29(31(40)41)24(36)10-16-37-27(38)11-15-34(4)32(37)42/h17-18,23-24,29H,6-16,19-21H2,1-5H3,(H,40,41)/t23-,24+,29-/m1/s1. The number of unbranched alkanes of at least 4 members (excludes halogenated alkanes) is 2. The van der Waals surface area contributed by atoms with E-state index in [1.807, 2.05) is 23.9 Å². The van der Waals surface area contributed by atoms with Gasteiger partial charge in [-0.3, -0.25) is 24.2 Å². The van der Waals surface area contributed by atoms with E-state index in [0.717, 1.165) is 32.2 Å². The number of carboxylic acid groups (broad SMARTS) is 1. The van der Waals surface area contributed by atoms with Gasteiger partial charge in [0.05, 0.1) is 19.6 Å². The molecule has 3 heterocycles. The molecule has 0 bridgehead atoms. The highest BCUT2D eigenvalue weighted by atomic mass is 16.7. The van der Waals surface area contributed by atoms with E-state index >= 15 is 0 Å². The Labute approximate surface area is 265 Å². The SMILES string of the molecule is CCCCN(CCCCN(C)C)C(=O)CN1C[C@H](c2cc(OC)c3c(c2)OCO3)[C@@H](C(=O)O)[C@@H]1CCN1C(=O)CCN(C)C1=O. The molecular weight excluding hydrogens is 582 g/mol. The fourth-order valence-corrected chi connectivity index (χ4v) is 6.56. The molecule has 0 spiro atoms. The van der Waals surface area contributed by atoms with Gasteiger partial charge < -0.3 is 34.0 Å². The zero-order chi connectivity index (χ0) is 32.7. The van der Waals surface area contributed by atoms with E-state index in [4.69, 9.17) is 14.2 Å². The number of carbonyl (C=O) groups is 4. The first kappa shape index (κ1) is 34.3. The van der Waals surface area contributed by atoms with Crippen molar-refractivity contribution in [2.75, 3.05) is 80.9 Å². The van der Waals surface area contributed by atoms with Crippen molar-refractivity contribution in [3.05, 3.63) is 17.7 Å². The predicted octanol–water partition coefficient (Wildman–Crippen LogP) is 2.54. The highest BCUT2D eigenvalue weighted by Gasteiger charge is 2.48. The average Bonchev–Trinajstić information content (AvgIpc) is 3.63. The summed E-state index contributed by atoms with van der Waals surface area (Å²) in [7, 11) is 7.23. The molecule has 1 N–H and O–H groups in total. The summed E-state index contributed by atoms with van der Waals surface area (Å²) < 4.78 is 16.7. The number of ether oxygens (including phenoxy) is 3. The van der Waals surface area contributed by atoms with Crippen molar-refractivity contribution in [1.29, 1.82) is 0 Å². The van der Waals surface area contributed by atoms with Crippen LogP contribution in [0.15, 0.2) is 12.1 Å². The molecule has 0 saturated carbocycles. The lowest BCUT2D eigenvalue weighted by molar-refractivity contribution is -0.144. The van der Waals surface area contributed by atoms with Gasteiger partial charge in [0.2, 0.25) is 24.4 Å². The van der Waals surface area contributed by atoms with Gasteiger partial charge in [-0.1, -0.05) is 13.3 Å². The Balaban J connectivity index is 1.61. The number of nitrogens with zero attached hydrogens (tertiary/aromatic N) is 5. The molecule has 0 unspecified atom stereocenters. The first-order valence-electron chi connectivity index (χ1n) is 16.0. The Morgan fingerprint density at radius 1 is 1.09 bits per heavy atom. The number of carboxylic acids is 1. The summed E-state index contributed by atoms with van der Waals surface area (Å²) in [6.07, 6.45) is 4.13. The van der Waals surface area contributed by atoms with E-state index in [9.17, 15) is 24.3 Å². The second-order valence-corrected chi connectivity index (χ2v) is 12.5. The fourth-order valence-electron chi connectivity index (χ4n) is 6.56. The van der Waals surface area contributed by atoms with Gasteiger partial charge in [-0.15, -0.1) is 0 Å². The van der Waals surface area contributed by atoms with Crippen molar-refractivity contribution < 1.29 is 38.5 Å². The Morgan fingerprint density at radius 3 is 2.51 bits per heavy atom.